The van der Waals surface area contributed by atoms with Crippen LogP contribution in [0.1, 0.15) is 41.2 Å². The number of hydrogen-bond acceptors (Lipinski definition) is 4. The number of benzene rings is 2. The largest absolute Gasteiger partial charge is 0.481 e. The summed E-state index contributed by atoms with van der Waals surface area (Å²) in [5.74, 6) is -1.29. The van der Waals surface area contributed by atoms with Crippen molar-refractivity contribution in [2.45, 2.75) is 20.3 Å². The number of amides is 1. The van der Waals surface area contributed by atoms with Crippen molar-refractivity contribution < 1.29 is 23.9 Å². The molecule has 0 aliphatic heterocycles. The van der Waals surface area contributed by atoms with Gasteiger partial charge in [0.2, 0.25) is 0 Å². The predicted octanol–water partition coefficient (Wildman–Crippen LogP) is 4.88. The number of Topliss-reactive ketones (excluding diaryl/α,β-unsaturated/α-hetero) is 1. The first-order chi connectivity index (χ1) is 13.8. The Hall–Kier alpha value is -3.67. The van der Waals surface area contributed by atoms with E-state index in [0.29, 0.717) is 11.3 Å². The standard InChI is InChI=1S/C23H21NO5/c1-23(2,22(27)28)14-19(25)17-7-5-15(6-8-17)16-9-11-18(12-10-16)24-21(26)20-4-3-13-29-20/h3-13H,14H2,1-2H3,(H,24,26)(H,27,28). The number of nitrogens with one attached hydrogen (secondary N) is 1. The Morgan fingerprint density at radius 3 is 2.03 bits per heavy atom. The number of carbonyl (C=O) groups is 3. The van der Waals surface area contributed by atoms with Gasteiger partial charge in [-0.15, -0.1) is 0 Å². The quantitative estimate of drug-likeness (QED) is 0.559. The Kier molecular flexibility index (Phi) is 5.64. The van der Waals surface area contributed by atoms with Crippen molar-refractivity contribution >= 4 is 23.3 Å². The molecule has 29 heavy (non-hydrogen) atoms. The lowest BCUT2D eigenvalue weighted by Gasteiger charge is -2.17. The average molecular weight is 391 g/mol. The molecule has 0 saturated heterocycles. The lowest BCUT2D eigenvalue weighted by atomic mass is 9.85. The van der Waals surface area contributed by atoms with Crippen molar-refractivity contribution in [1.29, 1.82) is 0 Å². The molecule has 3 rings (SSSR count). The molecule has 0 atom stereocenters. The van der Waals surface area contributed by atoms with Crippen LogP contribution in [0.5, 0.6) is 0 Å². The first kappa shape index (κ1) is 20.1. The topological polar surface area (TPSA) is 96.6 Å². The predicted molar refractivity (Wildman–Crippen MR) is 109 cm³/mol. The average Bonchev–Trinajstić information content (AvgIpc) is 3.23. The van der Waals surface area contributed by atoms with Gasteiger partial charge in [-0.3, -0.25) is 14.4 Å². The molecule has 0 fully saturated rings. The number of ketones is 1. The van der Waals surface area contributed by atoms with Crippen molar-refractivity contribution in [1.82, 2.24) is 0 Å². The highest BCUT2D eigenvalue weighted by Gasteiger charge is 2.30. The van der Waals surface area contributed by atoms with Gasteiger partial charge in [-0.1, -0.05) is 36.4 Å². The molecule has 0 spiro atoms. The van der Waals surface area contributed by atoms with Gasteiger partial charge in [-0.25, -0.2) is 0 Å². The summed E-state index contributed by atoms with van der Waals surface area (Å²) in [5.41, 5.74) is 1.84. The second-order valence-electron chi connectivity index (χ2n) is 7.38. The molecule has 1 aromatic heterocycles. The number of carboxylic acid groups (broad SMARTS) is 1. The summed E-state index contributed by atoms with van der Waals surface area (Å²) in [6, 6.07) is 17.6. The van der Waals surface area contributed by atoms with E-state index in [1.54, 1.807) is 36.4 Å². The molecule has 0 bridgehead atoms. The molecule has 1 heterocycles. The summed E-state index contributed by atoms with van der Waals surface area (Å²) >= 11 is 0. The molecule has 0 unspecified atom stereocenters. The number of aliphatic carboxylic acids is 1. The van der Waals surface area contributed by atoms with E-state index in [0.717, 1.165) is 11.1 Å². The van der Waals surface area contributed by atoms with Crippen molar-refractivity contribution in [2.24, 2.45) is 5.41 Å². The molecule has 6 nitrogen and oxygen atoms in total. The molecule has 6 heteroatoms. The zero-order chi connectivity index (χ0) is 21.0. The van der Waals surface area contributed by atoms with E-state index in [2.05, 4.69) is 5.32 Å². The van der Waals surface area contributed by atoms with Crippen molar-refractivity contribution in [3.63, 3.8) is 0 Å². The van der Waals surface area contributed by atoms with Crippen LogP contribution in [-0.2, 0) is 4.79 Å². The number of anilines is 1. The monoisotopic (exact) mass is 391 g/mol. The summed E-state index contributed by atoms with van der Waals surface area (Å²) < 4.78 is 5.06. The third-order valence-electron chi connectivity index (χ3n) is 4.61. The lowest BCUT2D eigenvalue weighted by Crippen LogP contribution is -2.26. The minimum Gasteiger partial charge on any atom is -0.481 e. The van der Waals surface area contributed by atoms with Gasteiger partial charge in [0.05, 0.1) is 11.7 Å². The molecular weight excluding hydrogens is 370 g/mol. The number of furan rings is 1. The Balaban J connectivity index is 1.67. The highest BCUT2D eigenvalue weighted by Crippen LogP contribution is 2.26. The van der Waals surface area contributed by atoms with Crippen LogP contribution >= 0.6 is 0 Å². The summed E-state index contributed by atoms with van der Waals surface area (Å²) in [5, 5.41) is 11.9. The molecule has 1 amide bonds. The molecule has 2 N–H and O–H groups in total. The molecule has 3 aromatic rings. The first-order valence-corrected chi connectivity index (χ1v) is 9.08. The van der Waals surface area contributed by atoms with Gasteiger partial charge in [0.15, 0.2) is 11.5 Å². The van der Waals surface area contributed by atoms with Crippen LogP contribution in [0.25, 0.3) is 11.1 Å². The number of carbonyl (C=O) groups excluding carboxylic acids is 2. The Morgan fingerprint density at radius 1 is 0.931 bits per heavy atom. The second kappa shape index (κ2) is 8.14. The maximum atomic E-state index is 12.3. The van der Waals surface area contributed by atoms with Crippen molar-refractivity contribution in [3.8, 4) is 11.1 Å². The fourth-order valence-electron chi connectivity index (χ4n) is 2.77. The minimum absolute atomic E-state index is 0.0637. The molecule has 2 aromatic carbocycles. The smallest absolute Gasteiger partial charge is 0.309 e. The molecular formula is C23H21NO5. The highest BCUT2D eigenvalue weighted by atomic mass is 16.4. The molecule has 148 valence electrons. The van der Waals surface area contributed by atoms with E-state index < -0.39 is 11.4 Å². The van der Waals surface area contributed by atoms with Crippen molar-refractivity contribution in [2.75, 3.05) is 5.32 Å². The molecule has 0 saturated carbocycles. The van der Waals surface area contributed by atoms with Crippen LogP contribution in [0.15, 0.2) is 71.3 Å². The zero-order valence-electron chi connectivity index (χ0n) is 16.1. The van der Waals surface area contributed by atoms with Gasteiger partial charge in [0, 0.05) is 17.7 Å². The van der Waals surface area contributed by atoms with E-state index in [4.69, 9.17) is 4.42 Å². The Morgan fingerprint density at radius 2 is 1.52 bits per heavy atom. The van der Waals surface area contributed by atoms with Crippen LogP contribution in [0.2, 0.25) is 0 Å². The summed E-state index contributed by atoms with van der Waals surface area (Å²) in [6.45, 7) is 3.07. The van der Waals surface area contributed by atoms with Crippen LogP contribution in [0, 0.1) is 5.41 Å². The first-order valence-electron chi connectivity index (χ1n) is 9.08. The highest BCUT2D eigenvalue weighted by molar-refractivity contribution is 6.02. The van der Waals surface area contributed by atoms with Gasteiger partial charge >= 0.3 is 5.97 Å². The van der Waals surface area contributed by atoms with Crippen LogP contribution in [0.3, 0.4) is 0 Å². The van der Waals surface area contributed by atoms with E-state index in [1.165, 1.54) is 20.1 Å². The SMILES string of the molecule is CC(C)(CC(=O)c1ccc(-c2ccc(NC(=O)c3ccco3)cc2)cc1)C(=O)O. The summed E-state index contributed by atoms with van der Waals surface area (Å²) in [6.07, 6.45) is 1.38. The van der Waals surface area contributed by atoms with Crippen LogP contribution in [-0.4, -0.2) is 22.8 Å². The maximum absolute atomic E-state index is 12.3. The molecule has 0 radical (unpaired) electrons. The van der Waals surface area contributed by atoms with Gasteiger partial charge < -0.3 is 14.8 Å². The van der Waals surface area contributed by atoms with Gasteiger partial charge in [-0.2, -0.15) is 0 Å². The fraction of sp³-hybridized carbons (Fsp3) is 0.174. The van der Waals surface area contributed by atoms with Crippen LogP contribution in [0.4, 0.5) is 5.69 Å². The van der Waals surface area contributed by atoms with Crippen molar-refractivity contribution in [3.05, 3.63) is 78.3 Å². The van der Waals surface area contributed by atoms with E-state index in [-0.39, 0.29) is 23.9 Å². The molecule has 0 aliphatic carbocycles. The number of hydrogen-bond donors (Lipinski definition) is 2. The third kappa shape index (κ3) is 4.79. The van der Waals surface area contributed by atoms with Gasteiger partial charge in [0.1, 0.15) is 0 Å². The summed E-state index contributed by atoms with van der Waals surface area (Å²) in [4.78, 5) is 35.5. The zero-order valence-corrected chi connectivity index (χ0v) is 16.1. The van der Waals surface area contributed by atoms with Gasteiger partial charge in [0.25, 0.3) is 5.91 Å². The Labute approximate surface area is 168 Å². The number of carboxylic acids is 1. The van der Waals surface area contributed by atoms with E-state index >= 15 is 0 Å². The summed E-state index contributed by atoms with van der Waals surface area (Å²) in [7, 11) is 0. The second-order valence-corrected chi connectivity index (χ2v) is 7.38. The molecule has 0 aliphatic rings. The van der Waals surface area contributed by atoms with E-state index in [1.807, 2.05) is 24.3 Å². The Bertz CT molecular complexity index is 1020. The lowest BCUT2D eigenvalue weighted by molar-refractivity contribution is -0.146. The van der Waals surface area contributed by atoms with Gasteiger partial charge in [-0.05, 0) is 49.2 Å². The third-order valence-corrected chi connectivity index (χ3v) is 4.61. The number of rotatable bonds is 7. The maximum Gasteiger partial charge on any atom is 0.309 e. The van der Waals surface area contributed by atoms with Crippen LogP contribution < -0.4 is 5.32 Å². The minimum atomic E-state index is -1.11. The normalized spacial score (nSPS) is 11.1. The van der Waals surface area contributed by atoms with E-state index in [9.17, 15) is 19.5 Å². The fourth-order valence-corrected chi connectivity index (χ4v) is 2.77.